The van der Waals surface area contributed by atoms with Gasteiger partial charge in [0.25, 0.3) is 0 Å². The Morgan fingerprint density at radius 3 is 2.19 bits per heavy atom. The first kappa shape index (κ1) is 24.7. The molecule has 0 heterocycles. The van der Waals surface area contributed by atoms with Crippen molar-refractivity contribution < 1.29 is 25.5 Å². The van der Waals surface area contributed by atoms with Gasteiger partial charge < -0.3 is 25.5 Å². The lowest BCUT2D eigenvalue weighted by molar-refractivity contribution is -0.217. The minimum atomic E-state index is -0.856. The first-order valence-electron chi connectivity index (χ1n) is 13.1. The average Bonchev–Trinajstić information content (AvgIpc) is 3.00. The van der Waals surface area contributed by atoms with E-state index < -0.39 is 18.3 Å². The molecule has 0 aromatic rings. The van der Waals surface area contributed by atoms with Gasteiger partial charge in [0.2, 0.25) is 0 Å². The van der Waals surface area contributed by atoms with Crippen molar-refractivity contribution in [1.82, 2.24) is 0 Å². The van der Waals surface area contributed by atoms with E-state index in [0.29, 0.717) is 36.5 Å². The summed E-state index contributed by atoms with van der Waals surface area (Å²) in [6, 6.07) is 0. The Kier molecular flexibility index (Phi) is 6.90. The summed E-state index contributed by atoms with van der Waals surface area (Å²) in [5, 5.41) is 52.7. The fourth-order valence-corrected chi connectivity index (χ4v) is 9.11. The molecule has 0 amide bonds. The summed E-state index contributed by atoms with van der Waals surface area (Å²) in [5.74, 6) is 1.65. The predicted molar refractivity (Wildman–Crippen MR) is 125 cm³/mol. The number of aliphatic hydroxyl groups excluding tert-OH is 5. The molecule has 4 fully saturated rings. The summed E-state index contributed by atoms with van der Waals surface area (Å²) in [5.41, 5.74) is -0.147. The lowest BCUT2D eigenvalue weighted by Gasteiger charge is -2.63. The SMILES string of the molecule is CC(/C=C/[C@@H](C)[C@H]1C[C@@H](O)[C@H]2[C@@H]3C[C@H](O)[C@H]4C(O)[C@@H](O)CC[C@]4(C)[C@H]3CC[C@@]21C)CCO. The Bertz CT molecular complexity index is 696. The molecule has 5 N–H and O–H groups in total. The van der Waals surface area contributed by atoms with Crippen LogP contribution in [0, 0.1) is 52.3 Å². The molecule has 2 unspecified atom stereocenters. The molecule has 4 rings (SSSR count). The van der Waals surface area contributed by atoms with E-state index in [1.165, 1.54) is 0 Å². The summed E-state index contributed by atoms with van der Waals surface area (Å²) >= 11 is 0. The fourth-order valence-electron chi connectivity index (χ4n) is 9.11. The molecule has 0 aliphatic heterocycles. The van der Waals surface area contributed by atoms with Crippen LogP contribution < -0.4 is 0 Å². The summed E-state index contributed by atoms with van der Waals surface area (Å²) in [6.45, 7) is 9.21. The number of aliphatic hydroxyl groups is 5. The molecule has 4 aliphatic carbocycles. The normalized spacial score (nSPS) is 52.8. The van der Waals surface area contributed by atoms with Crippen LogP contribution in [-0.2, 0) is 0 Å². The Labute approximate surface area is 193 Å². The average molecular weight is 451 g/mol. The Morgan fingerprint density at radius 1 is 0.844 bits per heavy atom. The summed E-state index contributed by atoms with van der Waals surface area (Å²) in [6.07, 6.45) is 7.71. The highest BCUT2D eigenvalue weighted by Gasteiger charge is 2.65. The van der Waals surface area contributed by atoms with Crippen LogP contribution in [0.4, 0.5) is 0 Å². The van der Waals surface area contributed by atoms with Gasteiger partial charge >= 0.3 is 0 Å². The van der Waals surface area contributed by atoms with Crippen LogP contribution in [0.5, 0.6) is 0 Å². The third-order valence-corrected chi connectivity index (χ3v) is 10.7. The molecular formula is C27H46O5. The highest BCUT2D eigenvalue weighted by atomic mass is 16.3. The van der Waals surface area contributed by atoms with Gasteiger partial charge in [0.05, 0.1) is 24.4 Å². The zero-order valence-electron chi connectivity index (χ0n) is 20.4. The van der Waals surface area contributed by atoms with Crippen LogP contribution in [-0.4, -0.2) is 56.6 Å². The first-order valence-corrected chi connectivity index (χ1v) is 13.1. The maximum Gasteiger partial charge on any atom is 0.0857 e. The van der Waals surface area contributed by atoms with E-state index >= 15 is 0 Å². The Hall–Kier alpha value is -0.460. The molecule has 5 nitrogen and oxygen atoms in total. The highest BCUT2D eigenvalue weighted by Crippen LogP contribution is 2.68. The third-order valence-electron chi connectivity index (χ3n) is 10.7. The monoisotopic (exact) mass is 450 g/mol. The molecule has 0 spiro atoms. The minimum absolute atomic E-state index is 0.0419. The zero-order chi connectivity index (χ0) is 23.4. The first-order chi connectivity index (χ1) is 15.0. The number of allylic oxidation sites excluding steroid dienone is 2. The van der Waals surface area contributed by atoms with Gasteiger partial charge in [0.1, 0.15) is 0 Å². The largest absolute Gasteiger partial charge is 0.396 e. The number of hydrogen-bond acceptors (Lipinski definition) is 5. The fraction of sp³-hybridized carbons (Fsp3) is 0.926. The van der Waals surface area contributed by atoms with E-state index in [2.05, 4.69) is 39.8 Å². The Balaban J connectivity index is 1.58. The van der Waals surface area contributed by atoms with Crippen molar-refractivity contribution in [1.29, 1.82) is 0 Å². The van der Waals surface area contributed by atoms with Crippen LogP contribution in [0.2, 0.25) is 0 Å². The number of fused-ring (bicyclic) bond motifs is 5. The highest BCUT2D eigenvalue weighted by molar-refractivity contribution is 5.15. The van der Waals surface area contributed by atoms with E-state index in [-0.39, 0.29) is 41.3 Å². The van der Waals surface area contributed by atoms with E-state index in [1.807, 2.05) is 0 Å². The molecule has 184 valence electrons. The Morgan fingerprint density at radius 2 is 1.50 bits per heavy atom. The predicted octanol–water partition coefficient (Wildman–Crippen LogP) is 3.13. The molecule has 4 aliphatic rings. The summed E-state index contributed by atoms with van der Waals surface area (Å²) in [4.78, 5) is 0. The van der Waals surface area contributed by atoms with E-state index in [1.54, 1.807) is 0 Å². The smallest absolute Gasteiger partial charge is 0.0857 e. The molecule has 0 aromatic carbocycles. The third kappa shape index (κ3) is 3.80. The molecule has 32 heavy (non-hydrogen) atoms. The molecule has 0 saturated heterocycles. The van der Waals surface area contributed by atoms with Gasteiger partial charge in [-0.15, -0.1) is 0 Å². The molecule has 5 heteroatoms. The van der Waals surface area contributed by atoms with Crippen LogP contribution >= 0.6 is 0 Å². The van der Waals surface area contributed by atoms with Gasteiger partial charge in [0.15, 0.2) is 0 Å². The van der Waals surface area contributed by atoms with Gasteiger partial charge in [0, 0.05) is 12.5 Å². The van der Waals surface area contributed by atoms with Crippen molar-refractivity contribution in [2.45, 2.75) is 97.1 Å². The topological polar surface area (TPSA) is 101 Å². The molecule has 4 saturated carbocycles. The second-order valence-electron chi connectivity index (χ2n) is 12.4. The van der Waals surface area contributed by atoms with Gasteiger partial charge in [-0.3, -0.25) is 0 Å². The quantitative estimate of drug-likeness (QED) is 0.414. The van der Waals surface area contributed by atoms with E-state index in [0.717, 1.165) is 32.1 Å². The van der Waals surface area contributed by atoms with Crippen LogP contribution in [0.25, 0.3) is 0 Å². The van der Waals surface area contributed by atoms with Crippen molar-refractivity contribution >= 4 is 0 Å². The maximum atomic E-state index is 11.3. The van der Waals surface area contributed by atoms with E-state index in [9.17, 15) is 25.5 Å². The molecule has 0 aromatic heterocycles. The standard InChI is InChI=1S/C27H46O5/c1-15(9-12-28)5-6-16(2)19-14-22(31)23-17-13-21(30)24-25(32)20(29)8-11-26(24,3)18(17)7-10-27(19,23)4/h5-6,15-25,28-32H,7-14H2,1-4H3/b6-5+/t15?,16-,17-,18+,19-,20+,21+,22-,23-,24+,25?,26-,27-/m1/s1. The molecule has 0 radical (unpaired) electrons. The van der Waals surface area contributed by atoms with Crippen LogP contribution in [0.3, 0.4) is 0 Å². The molecule has 0 bridgehead atoms. The summed E-state index contributed by atoms with van der Waals surface area (Å²) < 4.78 is 0. The van der Waals surface area contributed by atoms with Gasteiger partial charge in [-0.05, 0) is 91.3 Å². The maximum absolute atomic E-state index is 11.3. The second kappa shape index (κ2) is 8.96. The van der Waals surface area contributed by atoms with Crippen LogP contribution in [0.1, 0.15) is 72.6 Å². The van der Waals surface area contributed by atoms with Gasteiger partial charge in [-0.1, -0.05) is 39.8 Å². The lowest BCUT2D eigenvalue weighted by atomic mass is 9.43. The second-order valence-corrected chi connectivity index (χ2v) is 12.4. The lowest BCUT2D eigenvalue weighted by Crippen LogP contribution is -2.63. The van der Waals surface area contributed by atoms with Crippen molar-refractivity contribution in [2.75, 3.05) is 6.61 Å². The van der Waals surface area contributed by atoms with E-state index in [4.69, 9.17) is 0 Å². The molecular weight excluding hydrogens is 404 g/mol. The van der Waals surface area contributed by atoms with Crippen molar-refractivity contribution in [3.8, 4) is 0 Å². The van der Waals surface area contributed by atoms with Crippen LogP contribution in [0.15, 0.2) is 12.2 Å². The van der Waals surface area contributed by atoms with Crippen molar-refractivity contribution in [3.05, 3.63) is 12.2 Å². The van der Waals surface area contributed by atoms with Crippen molar-refractivity contribution in [3.63, 3.8) is 0 Å². The van der Waals surface area contributed by atoms with Gasteiger partial charge in [-0.2, -0.15) is 0 Å². The summed E-state index contributed by atoms with van der Waals surface area (Å²) in [7, 11) is 0. The zero-order valence-corrected chi connectivity index (χ0v) is 20.4. The van der Waals surface area contributed by atoms with Crippen molar-refractivity contribution in [2.24, 2.45) is 52.3 Å². The minimum Gasteiger partial charge on any atom is -0.396 e. The molecule has 13 atom stereocenters. The van der Waals surface area contributed by atoms with Gasteiger partial charge in [-0.25, -0.2) is 0 Å². The number of rotatable bonds is 5. The number of hydrogen-bond donors (Lipinski definition) is 5.